The van der Waals surface area contributed by atoms with E-state index < -0.39 is 0 Å². The fraction of sp³-hybridized carbons (Fsp3) is 1.00. The predicted molar refractivity (Wildman–Crippen MR) is 44.3 cm³/mol. The van der Waals surface area contributed by atoms with Gasteiger partial charge in [0.05, 0.1) is 0 Å². The molecule has 0 unspecified atom stereocenters. The van der Waals surface area contributed by atoms with Gasteiger partial charge in [-0.25, -0.2) is 0 Å². The molecule has 0 aromatic heterocycles. The zero-order valence-corrected chi connectivity index (χ0v) is 6.97. The van der Waals surface area contributed by atoms with E-state index in [4.69, 9.17) is 5.11 Å². The summed E-state index contributed by atoms with van der Waals surface area (Å²) in [5, 5.41) is 12.2. The van der Waals surface area contributed by atoms with Gasteiger partial charge in [0, 0.05) is 6.61 Å². The molecule has 2 fully saturated rings. The van der Waals surface area contributed by atoms with Gasteiger partial charge in [-0.05, 0) is 50.1 Å². The molecule has 64 valence electrons. The average Bonchev–Trinajstić information content (AvgIpc) is 2.66. The molecule has 1 heterocycles. The minimum atomic E-state index is 0.389. The van der Waals surface area contributed by atoms with Crippen molar-refractivity contribution in [3.63, 3.8) is 0 Å². The maximum atomic E-state index is 8.78. The molecule has 1 saturated carbocycles. The molecule has 1 aliphatic carbocycles. The van der Waals surface area contributed by atoms with Crippen molar-refractivity contribution in [2.24, 2.45) is 11.3 Å². The minimum Gasteiger partial charge on any atom is -0.396 e. The van der Waals surface area contributed by atoms with Gasteiger partial charge in [0.25, 0.3) is 0 Å². The molecule has 0 amide bonds. The van der Waals surface area contributed by atoms with Gasteiger partial charge in [-0.15, -0.1) is 0 Å². The molecule has 1 spiro atoms. The van der Waals surface area contributed by atoms with Gasteiger partial charge >= 0.3 is 0 Å². The molecule has 0 radical (unpaired) electrons. The molecule has 2 aliphatic rings. The Bertz CT molecular complexity index is 140. The Hall–Kier alpha value is -0.0800. The minimum absolute atomic E-state index is 0.389. The van der Waals surface area contributed by atoms with E-state index in [0.717, 1.165) is 12.3 Å². The lowest BCUT2D eigenvalue weighted by Crippen LogP contribution is -2.29. The zero-order valence-electron chi connectivity index (χ0n) is 6.97. The normalized spacial score (nSPS) is 34.1. The van der Waals surface area contributed by atoms with Crippen LogP contribution in [-0.2, 0) is 0 Å². The van der Waals surface area contributed by atoms with Crippen LogP contribution in [0.3, 0.4) is 0 Å². The second-order valence-corrected chi connectivity index (χ2v) is 4.03. The summed E-state index contributed by atoms with van der Waals surface area (Å²) in [6.45, 7) is 2.78. The Morgan fingerprint density at radius 1 is 1.36 bits per heavy atom. The van der Waals surface area contributed by atoms with Crippen molar-refractivity contribution in [3.05, 3.63) is 0 Å². The summed E-state index contributed by atoms with van der Waals surface area (Å²) < 4.78 is 0. The molecule has 1 atom stereocenters. The van der Waals surface area contributed by atoms with Crippen LogP contribution < -0.4 is 5.32 Å². The zero-order chi connectivity index (χ0) is 7.73. The summed E-state index contributed by atoms with van der Waals surface area (Å²) in [6, 6.07) is 0. The number of rotatable bonds is 2. The molecule has 0 aromatic carbocycles. The molecular formula is C9H17NO. The average molecular weight is 155 g/mol. The van der Waals surface area contributed by atoms with Crippen LogP contribution in [0.15, 0.2) is 0 Å². The third-order valence-electron chi connectivity index (χ3n) is 3.44. The quantitative estimate of drug-likeness (QED) is 0.617. The third kappa shape index (κ3) is 1.30. The van der Waals surface area contributed by atoms with Gasteiger partial charge in [0.1, 0.15) is 0 Å². The first-order valence-electron chi connectivity index (χ1n) is 4.69. The predicted octanol–water partition coefficient (Wildman–Crippen LogP) is 0.758. The van der Waals surface area contributed by atoms with Crippen LogP contribution in [0.25, 0.3) is 0 Å². The van der Waals surface area contributed by atoms with Gasteiger partial charge in [-0.2, -0.15) is 0 Å². The lowest BCUT2D eigenvalue weighted by atomic mass is 9.91. The first kappa shape index (κ1) is 7.56. The molecule has 2 nitrogen and oxygen atoms in total. The number of nitrogens with one attached hydrogen (secondary N) is 1. The van der Waals surface area contributed by atoms with Crippen molar-refractivity contribution >= 4 is 0 Å². The van der Waals surface area contributed by atoms with Crippen molar-refractivity contribution < 1.29 is 5.11 Å². The topological polar surface area (TPSA) is 32.3 Å². The summed E-state index contributed by atoms with van der Waals surface area (Å²) in [5.41, 5.74) is 0.675. The van der Waals surface area contributed by atoms with E-state index in [1.165, 1.54) is 32.4 Å². The number of hydrogen-bond donors (Lipinski definition) is 2. The monoisotopic (exact) mass is 155 g/mol. The number of hydrogen-bond acceptors (Lipinski definition) is 2. The van der Waals surface area contributed by atoms with Gasteiger partial charge in [0.15, 0.2) is 0 Å². The van der Waals surface area contributed by atoms with Crippen LogP contribution in [0, 0.1) is 11.3 Å². The van der Waals surface area contributed by atoms with E-state index in [1.807, 2.05) is 0 Å². The Kier molecular flexibility index (Phi) is 1.90. The van der Waals surface area contributed by atoms with Crippen LogP contribution in [0.1, 0.15) is 25.7 Å². The Morgan fingerprint density at radius 2 is 2.09 bits per heavy atom. The smallest absolute Gasteiger partial charge is 0.0433 e. The van der Waals surface area contributed by atoms with Crippen LogP contribution in [0.4, 0.5) is 0 Å². The lowest BCUT2D eigenvalue weighted by molar-refractivity contribution is 0.251. The van der Waals surface area contributed by atoms with Crippen LogP contribution in [-0.4, -0.2) is 24.8 Å². The van der Waals surface area contributed by atoms with E-state index in [0.29, 0.717) is 12.0 Å². The molecule has 2 heteroatoms. The molecule has 2 rings (SSSR count). The SMILES string of the molecule is OCC[C@H]1CC12CCNCC2. The van der Waals surface area contributed by atoms with Crippen molar-refractivity contribution in [2.75, 3.05) is 19.7 Å². The summed E-state index contributed by atoms with van der Waals surface area (Å²) in [7, 11) is 0. The highest BCUT2D eigenvalue weighted by Gasteiger charge is 2.52. The second kappa shape index (κ2) is 2.76. The van der Waals surface area contributed by atoms with E-state index in [2.05, 4.69) is 5.32 Å². The number of piperidine rings is 1. The lowest BCUT2D eigenvalue weighted by Gasteiger charge is -2.23. The van der Waals surface area contributed by atoms with E-state index >= 15 is 0 Å². The summed E-state index contributed by atoms with van der Waals surface area (Å²) >= 11 is 0. The molecule has 1 saturated heterocycles. The Labute approximate surface area is 68.0 Å². The van der Waals surface area contributed by atoms with Gasteiger partial charge in [-0.1, -0.05) is 0 Å². The Morgan fingerprint density at radius 3 is 2.73 bits per heavy atom. The first-order chi connectivity index (χ1) is 5.37. The van der Waals surface area contributed by atoms with Crippen LogP contribution in [0.5, 0.6) is 0 Å². The van der Waals surface area contributed by atoms with Crippen molar-refractivity contribution in [1.29, 1.82) is 0 Å². The van der Waals surface area contributed by atoms with E-state index in [-0.39, 0.29) is 0 Å². The highest BCUT2D eigenvalue weighted by atomic mass is 16.3. The molecule has 2 N–H and O–H groups in total. The summed E-state index contributed by atoms with van der Waals surface area (Å²) in [4.78, 5) is 0. The van der Waals surface area contributed by atoms with Gasteiger partial charge in [-0.3, -0.25) is 0 Å². The van der Waals surface area contributed by atoms with Crippen molar-refractivity contribution in [3.8, 4) is 0 Å². The van der Waals surface area contributed by atoms with Crippen LogP contribution in [0.2, 0.25) is 0 Å². The fourth-order valence-corrected chi connectivity index (χ4v) is 2.53. The van der Waals surface area contributed by atoms with Crippen molar-refractivity contribution in [1.82, 2.24) is 5.32 Å². The maximum absolute atomic E-state index is 8.78. The van der Waals surface area contributed by atoms with E-state index in [9.17, 15) is 0 Å². The molecular weight excluding hydrogens is 138 g/mol. The number of aliphatic hydroxyl groups excluding tert-OH is 1. The largest absolute Gasteiger partial charge is 0.396 e. The third-order valence-corrected chi connectivity index (χ3v) is 3.44. The second-order valence-electron chi connectivity index (χ2n) is 4.03. The maximum Gasteiger partial charge on any atom is 0.0433 e. The highest BCUT2D eigenvalue weighted by molar-refractivity contribution is 5.03. The van der Waals surface area contributed by atoms with Gasteiger partial charge < -0.3 is 10.4 Å². The molecule has 1 aliphatic heterocycles. The highest BCUT2D eigenvalue weighted by Crippen LogP contribution is 2.59. The molecule has 0 aromatic rings. The van der Waals surface area contributed by atoms with Crippen LogP contribution >= 0.6 is 0 Å². The fourth-order valence-electron chi connectivity index (χ4n) is 2.53. The van der Waals surface area contributed by atoms with E-state index in [1.54, 1.807) is 0 Å². The Balaban J connectivity index is 1.84. The summed E-state index contributed by atoms with van der Waals surface area (Å²) in [6.07, 6.45) is 5.12. The van der Waals surface area contributed by atoms with Crippen molar-refractivity contribution in [2.45, 2.75) is 25.7 Å². The first-order valence-corrected chi connectivity index (χ1v) is 4.69. The van der Waals surface area contributed by atoms with Gasteiger partial charge in [0.2, 0.25) is 0 Å². The molecule has 11 heavy (non-hydrogen) atoms. The number of aliphatic hydroxyl groups is 1. The standard InChI is InChI=1S/C9H17NO/c11-6-1-8-7-9(8)2-4-10-5-3-9/h8,10-11H,1-7H2/t8-/m0/s1. The molecule has 0 bridgehead atoms. The summed E-state index contributed by atoms with van der Waals surface area (Å²) in [5.74, 6) is 0.856.